The summed E-state index contributed by atoms with van der Waals surface area (Å²) in [5, 5.41) is 8.92. The Kier molecular flexibility index (Phi) is 3.65. The van der Waals surface area contributed by atoms with Crippen LogP contribution in [0.15, 0.2) is 24.3 Å². The number of esters is 1. The Morgan fingerprint density at radius 2 is 2.00 bits per heavy atom. The number of benzene rings is 1. The summed E-state index contributed by atoms with van der Waals surface area (Å²) in [4.78, 5) is 11.1. The lowest BCUT2D eigenvalue weighted by atomic mass is 10.0. The van der Waals surface area contributed by atoms with E-state index in [1.54, 1.807) is 12.1 Å². The minimum Gasteiger partial charge on any atom is -0.465 e. The maximum atomic E-state index is 11.1. The van der Waals surface area contributed by atoms with Crippen molar-refractivity contribution in [2.45, 2.75) is 12.8 Å². The summed E-state index contributed by atoms with van der Waals surface area (Å²) in [5.41, 5.74) is 1.54. The average molecular weight is 194 g/mol. The van der Waals surface area contributed by atoms with Gasteiger partial charge in [-0.15, -0.1) is 0 Å². The highest BCUT2D eigenvalue weighted by molar-refractivity contribution is 5.89. The number of hydrogen-bond donors (Lipinski definition) is 1. The van der Waals surface area contributed by atoms with E-state index in [0.29, 0.717) is 5.56 Å². The zero-order valence-corrected chi connectivity index (χ0v) is 8.36. The number of ether oxygens (including phenoxy) is 1. The molecule has 1 rings (SSSR count). The number of aliphatic hydroxyl groups excluding tert-OH is 1. The Balaban J connectivity index is 2.83. The molecule has 0 bridgehead atoms. The monoisotopic (exact) mass is 194 g/mol. The van der Waals surface area contributed by atoms with E-state index in [2.05, 4.69) is 4.74 Å². The van der Waals surface area contributed by atoms with Gasteiger partial charge in [-0.05, 0) is 17.7 Å². The highest BCUT2D eigenvalue weighted by Gasteiger charge is 2.07. The fourth-order valence-electron chi connectivity index (χ4n) is 1.17. The van der Waals surface area contributed by atoms with Gasteiger partial charge in [-0.3, -0.25) is 0 Å². The fourth-order valence-corrected chi connectivity index (χ4v) is 1.17. The normalized spacial score (nSPS) is 12.2. The molecule has 14 heavy (non-hydrogen) atoms. The summed E-state index contributed by atoms with van der Waals surface area (Å²) >= 11 is 0. The zero-order valence-electron chi connectivity index (χ0n) is 8.36. The number of rotatable bonds is 3. The third-order valence-electron chi connectivity index (χ3n) is 2.17. The lowest BCUT2D eigenvalue weighted by Crippen LogP contribution is -2.03. The summed E-state index contributed by atoms with van der Waals surface area (Å²) in [6.07, 6.45) is 0. The first kappa shape index (κ1) is 10.7. The molecule has 0 saturated heterocycles. The van der Waals surface area contributed by atoms with Crippen molar-refractivity contribution in [3.8, 4) is 0 Å². The van der Waals surface area contributed by atoms with Crippen molar-refractivity contribution in [1.82, 2.24) is 0 Å². The van der Waals surface area contributed by atoms with Gasteiger partial charge >= 0.3 is 5.97 Å². The molecule has 0 amide bonds. The summed E-state index contributed by atoms with van der Waals surface area (Å²) in [6.45, 7) is 2.03. The average Bonchev–Trinajstić information content (AvgIpc) is 2.27. The Labute approximate surface area is 83.3 Å². The molecule has 76 valence electrons. The van der Waals surface area contributed by atoms with Crippen LogP contribution in [0.25, 0.3) is 0 Å². The van der Waals surface area contributed by atoms with Crippen LogP contribution in [-0.4, -0.2) is 24.8 Å². The lowest BCUT2D eigenvalue weighted by Gasteiger charge is -2.08. The van der Waals surface area contributed by atoms with E-state index in [9.17, 15) is 4.79 Å². The van der Waals surface area contributed by atoms with Gasteiger partial charge in [-0.2, -0.15) is 0 Å². The molecular weight excluding hydrogens is 180 g/mol. The number of aliphatic hydroxyl groups is 1. The zero-order chi connectivity index (χ0) is 10.6. The highest BCUT2D eigenvalue weighted by Crippen LogP contribution is 2.15. The van der Waals surface area contributed by atoms with E-state index >= 15 is 0 Å². The van der Waals surface area contributed by atoms with Gasteiger partial charge in [0.25, 0.3) is 0 Å². The maximum Gasteiger partial charge on any atom is 0.337 e. The van der Waals surface area contributed by atoms with Crippen molar-refractivity contribution in [2.75, 3.05) is 13.7 Å². The van der Waals surface area contributed by atoms with Crippen molar-refractivity contribution >= 4 is 5.97 Å². The number of carbonyl (C=O) groups is 1. The molecule has 0 aliphatic heterocycles. The van der Waals surface area contributed by atoms with Gasteiger partial charge < -0.3 is 9.84 Å². The van der Waals surface area contributed by atoms with Crippen molar-refractivity contribution in [3.05, 3.63) is 35.4 Å². The molecule has 1 atom stereocenters. The summed E-state index contributed by atoms with van der Waals surface area (Å²) < 4.78 is 4.57. The molecule has 0 aromatic heterocycles. The molecule has 0 aliphatic carbocycles. The van der Waals surface area contributed by atoms with E-state index in [4.69, 9.17) is 5.11 Å². The predicted molar refractivity (Wildman–Crippen MR) is 53.3 cm³/mol. The molecule has 0 unspecified atom stereocenters. The van der Waals surface area contributed by atoms with Crippen LogP contribution in [0.2, 0.25) is 0 Å². The second kappa shape index (κ2) is 4.77. The molecule has 1 aromatic rings. The van der Waals surface area contributed by atoms with E-state index in [0.717, 1.165) is 5.56 Å². The van der Waals surface area contributed by atoms with Crippen LogP contribution < -0.4 is 0 Å². The van der Waals surface area contributed by atoms with Crippen LogP contribution in [-0.2, 0) is 4.74 Å². The van der Waals surface area contributed by atoms with Crippen LogP contribution >= 0.6 is 0 Å². The Morgan fingerprint density at radius 1 is 1.43 bits per heavy atom. The summed E-state index contributed by atoms with van der Waals surface area (Å²) in [6, 6.07) is 7.06. The molecule has 0 heterocycles. The Bertz CT molecular complexity index is 303. The molecule has 0 radical (unpaired) electrons. The maximum absolute atomic E-state index is 11.1. The second-order valence-corrected chi connectivity index (χ2v) is 3.20. The second-order valence-electron chi connectivity index (χ2n) is 3.20. The smallest absolute Gasteiger partial charge is 0.337 e. The van der Waals surface area contributed by atoms with Gasteiger partial charge in [-0.25, -0.2) is 4.79 Å². The fraction of sp³-hybridized carbons (Fsp3) is 0.364. The van der Waals surface area contributed by atoms with Crippen LogP contribution in [0.4, 0.5) is 0 Å². The van der Waals surface area contributed by atoms with Crippen LogP contribution in [0.3, 0.4) is 0 Å². The first-order valence-electron chi connectivity index (χ1n) is 4.48. The molecule has 3 nitrogen and oxygen atoms in total. The van der Waals surface area contributed by atoms with E-state index < -0.39 is 0 Å². The first-order valence-corrected chi connectivity index (χ1v) is 4.48. The Hall–Kier alpha value is -1.35. The van der Waals surface area contributed by atoms with Gasteiger partial charge in [0.05, 0.1) is 12.7 Å². The summed E-state index contributed by atoms with van der Waals surface area (Å²) in [5.74, 6) is -0.241. The molecule has 0 saturated carbocycles. The first-order chi connectivity index (χ1) is 6.69. The topological polar surface area (TPSA) is 46.5 Å². The predicted octanol–water partition coefficient (Wildman–Crippen LogP) is 1.57. The number of hydrogen-bond acceptors (Lipinski definition) is 3. The third-order valence-corrected chi connectivity index (χ3v) is 2.17. The van der Waals surface area contributed by atoms with Crippen LogP contribution in [0.5, 0.6) is 0 Å². The van der Waals surface area contributed by atoms with Crippen molar-refractivity contribution in [3.63, 3.8) is 0 Å². The molecule has 0 fully saturated rings. The molecule has 3 heteroatoms. The van der Waals surface area contributed by atoms with Gasteiger partial charge in [0.2, 0.25) is 0 Å². The standard InChI is InChI=1S/C11H14O3/c1-8(7-12)9-3-5-10(6-4-9)11(13)14-2/h3-6,8,12H,7H2,1-2H3/t8-/m1/s1. The van der Waals surface area contributed by atoms with Crippen molar-refractivity contribution in [2.24, 2.45) is 0 Å². The van der Waals surface area contributed by atoms with Crippen molar-refractivity contribution in [1.29, 1.82) is 0 Å². The van der Waals surface area contributed by atoms with E-state index in [-0.39, 0.29) is 18.5 Å². The largest absolute Gasteiger partial charge is 0.465 e. The Morgan fingerprint density at radius 3 is 2.43 bits per heavy atom. The van der Waals surface area contributed by atoms with Crippen LogP contribution in [0.1, 0.15) is 28.8 Å². The summed E-state index contributed by atoms with van der Waals surface area (Å²) in [7, 11) is 1.35. The van der Waals surface area contributed by atoms with E-state index in [1.165, 1.54) is 7.11 Å². The van der Waals surface area contributed by atoms with E-state index in [1.807, 2.05) is 19.1 Å². The van der Waals surface area contributed by atoms with Gasteiger partial charge in [0.1, 0.15) is 0 Å². The quantitative estimate of drug-likeness (QED) is 0.743. The minimum absolute atomic E-state index is 0.0988. The van der Waals surface area contributed by atoms with Gasteiger partial charge in [0.15, 0.2) is 0 Å². The van der Waals surface area contributed by atoms with Gasteiger partial charge in [-0.1, -0.05) is 19.1 Å². The number of methoxy groups -OCH3 is 1. The molecule has 1 aromatic carbocycles. The minimum atomic E-state index is -0.340. The number of carbonyl (C=O) groups excluding carboxylic acids is 1. The SMILES string of the molecule is COC(=O)c1ccc([C@H](C)CO)cc1. The molecule has 1 N–H and O–H groups in total. The highest BCUT2D eigenvalue weighted by atomic mass is 16.5. The van der Waals surface area contributed by atoms with Crippen molar-refractivity contribution < 1.29 is 14.6 Å². The lowest BCUT2D eigenvalue weighted by molar-refractivity contribution is 0.0600. The van der Waals surface area contributed by atoms with Crippen LogP contribution in [0, 0.1) is 0 Å². The molecular formula is C11H14O3. The van der Waals surface area contributed by atoms with Gasteiger partial charge in [0, 0.05) is 12.5 Å². The molecule has 0 aliphatic rings. The molecule has 0 spiro atoms. The third kappa shape index (κ3) is 2.33.